The van der Waals surface area contributed by atoms with Crippen molar-refractivity contribution >= 4 is 5.95 Å². The number of anilines is 1. The highest BCUT2D eigenvalue weighted by atomic mass is 16.5. The van der Waals surface area contributed by atoms with Crippen LogP contribution in [0.15, 0.2) is 12.3 Å². The van der Waals surface area contributed by atoms with Gasteiger partial charge in [-0.1, -0.05) is 0 Å². The second-order valence-electron chi connectivity index (χ2n) is 3.46. The first-order valence-corrected chi connectivity index (χ1v) is 4.60. The van der Waals surface area contributed by atoms with E-state index < -0.39 is 0 Å². The fourth-order valence-corrected chi connectivity index (χ4v) is 1.53. The summed E-state index contributed by atoms with van der Waals surface area (Å²) in [5.74, 6) is 0.339. The van der Waals surface area contributed by atoms with Crippen LogP contribution in [-0.2, 0) is 11.3 Å². The lowest BCUT2D eigenvalue weighted by Gasteiger charge is -2.37. The van der Waals surface area contributed by atoms with Crippen LogP contribution in [-0.4, -0.2) is 41.2 Å². The Morgan fingerprint density at radius 2 is 2.43 bits per heavy atom. The summed E-state index contributed by atoms with van der Waals surface area (Å²) in [5.41, 5.74) is 6.45. The smallest absolute Gasteiger partial charge is 0.220 e. The summed E-state index contributed by atoms with van der Waals surface area (Å²) in [6, 6.07) is 1.89. The Bertz CT molecular complexity index is 311. The molecular formula is C9H14N4O. The minimum Gasteiger partial charge on any atom is -0.379 e. The molecule has 1 aliphatic heterocycles. The van der Waals surface area contributed by atoms with E-state index in [4.69, 9.17) is 10.5 Å². The number of nitrogen functional groups attached to an aromatic ring is 1. The minimum absolute atomic E-state index is 0.339. The molecule has 0 saturated carbocycles. The van der Waals surface area contributed by atoms with Crippen molar-refractivity contribution in [1.29, 1.82) is 0 Å². The number of aromatic nitrogens is 2. The van der Waals surface area contributed by atoms with Gasteiger partial charge in [-0.2, -0.15) is 0 Å². The van der Waals surface area contributed by atoms with Gasteiger partial charge in [-0.15, -0.1) is 0 Å². The Balaban J connectivity index is 1.87. The molecule has 14 heavy (non-hydrogen) atoms. The molecule has 0 spiro atoms. The van der Waals surface area contributed by atoms with Gasteiger partial charge >= 0.3 is 0 Å². The SMILES string of the molecule is COC1CN(Cc2ccnc(N)n2)C1. The van der Waals surface area contributed by atoms with Crippen LogP contribution < -0.4 is 5.73 Å². The molecule has 0 atom stereocenters. The van der Waals surface area contributed by atoms with Gasteiger partial charge in [0.05, 0.1) is 11.8 Å². The molecule has 5 heteroatoms. The number of ether oxygens (including phenoxy) is 1. The van der Waals surface area contributed by atoms with E-state index in [2.05, 4.69) is 14.9 Å². The maximum absolute atomic E-state index is 5.48. The van der Waals surface area contributed by atoms with Gasteiger partial charge in [-0.25, -0.2) is 9.97 Å². The molecule has 0 amide bonds. The average molecular weight is 194 g/mol. The quantitative estimate of drug-likeness (QED) is 0.727. The second kappa shape index (κ2) is 3.89. The Morgan fingerprint density at radius 1 is 1.64 bits per heavy atom. The molecule has 76 valence electrons. The van der Waals surface area contributed by atoms with Gasteiger partial charge in [0.25, 0.3) is 0 Å². The highest BCUT2D eigenvalue weighted by Crippen LogP contribution is 2.13. The van der Waals surface area contributed by atoms with Gasteiger partial charge in [0.1, 0.15) is 0 Å². The van der Waals surface area contributed by atoms with Gasteiger partial charge in [0, 0.05) is 32.9 Å². The molecule has 2 heterocycles. The van der Waals surface area contributed by atoms with Crippen molar-refractivity contribution in [2.75, 3.05) is 25.9 Å². The molecule has 5 nitrogen and oxygen atoms in total. The van der Waals surface area contributed by atoms with Crippen molar-refractivity contribution in [3.05, 3.63) is 18.0 Å². The van der Waals surface area contributed by atoms with Crippen molar-refractivity contribution in [1.82, 2.24) is 14.9 Å². The Labute approximate surface area is 82.9 Å². The van der Waals surface area contributed by atoms with Gasteiger partial charge in [-0.05, 0) is 6.07 Å². The Kier molecular flexibility index (Phi) is 2.60. The van der Waals surface area contributed by atoms with E-state index in [-0.39, 0.29) is 0 Å². The fraction of sp³-hybridized carbons (Fsp3) is 0.556. The third-order valence-electron chi connectivity index (χ3n) is 2.37. The standard InChI is InChI=1S/C9H14N4O/c1-14-8-5-13(6-8)4-7-2-3-11-9(10)12-7/h2-3,8H,4-6H2,1H3,(H2,10,11,12). The summed E-state index contributed by atoms with van der Waals surface area (Å²) in [4.78, 5) is 10.2. The first kappa shape index (κ1) is 9.36. The highest BCUT2D eigenvalue weighted by molar-refractivity contribution is 5.17. The first-order chi connectivity index (χ1) is 6.78. The maximum Gasteiger partial charge on any atom is 0.220 e. The van der Waals surface area contributed by atoms with Gasteiger partial charge in [0.2, 0.25) is 5.95 Å². The third-order valence-corrected chi connectivity index (χ3v) is 2.37. The van der Waals surface area contributed by atoms with Crippen LogP contribution in [0, 0.1) is 0 Å². The molecule has 0 aromatic carbocycles. The molecule has 2 rings (SSSR count). The fourth-order valence-electron chi connectivity index (χ4n) is 1.53. The molecule has 0 radical (unpaired) electrons. The Hall–Kier alpha value is -1.20. The van der Waals surface area contributed by atoms with Crippen LogP contribution in [0.3, 0.4) is 0 Å². The second-order valence-corrected chi connectivity index (χ2v) is 3.46. The lowest BCUT2D eigenvalue weighted by Crippen LogP contribution is -2.51. The Morgan fingerprint density at radius 3 is 3.07 bits per heavy atom. The summed E-state index contributed by atoms with van der Waals surface area (Å²) in [5, 5.41) is 0. The largest absolute Gasteiger partial charge is 0.379 e. The molecule has 1 saturated heterocycles. The monoisotopic (exact) mass is 194 g/mol. The van der Waals surface area contributed by atoms with E-state index >= 15 is 0 Å². The van der Waals surface area contributed by atoms with E-state index in [9.17, 15) is 0 Å². The number of rotatable bonds is 3. The lowest BCUT2D eigenvalue weighted by molar-refractivity contribution is -0.0339. The van der Waals surface area contributed by atoms with Crippen molar-refractivity contribution in [2.24, 2.45) is 0 Å². The van der Waals surface area contributed by atoms with Crippen LogP contribution in [0.2, 0.25) is 0 Å². The first-order valence-electron chi connectivity index (χ1n) is 4.60. The summed E-state index contributed by atoms with van der Waals surface area (Å²) in [6.07, 6.45) is 2.07. The van der Waals surface area contributed by atoms with Crippen LogP contribution in [0.4, 0.5) is 5.95 Å². The molecular weight excluding hydrogens is 180 g/mol. The molecule has 0 unspecified atom stereocenters. The van der Waals surface area contributed by atoms with Crippen molar-refractivity contribution in [3.8, 4) is 0 Å². The minimum atomic E-state index is 0.339. The summed E-state index contributed by atoms with van der Waals surface area (Å²) in [7, 11) is 1.74. The molecule has 1 aromatic heterocycles. The number of likely N-dealkylation sites (tertiary alicyclic amines) is 1. The van der Waals surface area contributed by atoms with Crippen molar-refractivity contribution in [3.63, 3.8) is 0 Å². The van der Waals surface area contributed by atoms with Crippen LogP contribution in [0.25, 0.3) is 0 Å². The zero-order chi connectivity index (χ0) is 9.97. The number of nitrogens with zero attached hydrogens (tertiary/aromatic N) is 3. The molecule has 0 bridgehead atoms. The lowest BCUT2D eigenvalue weighted by atomic mass is 10.1. The molecule has 2 N–H and O–H groups in total. The van der Waals surface area contributed by atoms with E-state index in [0.29, 0.717) is 12.1 Å². The van der Waals surface area contributed by atoms with E-state index in [0.717, 1.165) is 25.3 Å². The van der Waals surface area contributed by atoms with Gasteiger partial charge in [0.15, 0.2) is 0 Å². The highest BCUT2D eigenvalue weighted by Gasteiger charge is 2.26. The molecule has 1 aromatic rings. The summed E-state index contributed by atoms with van der Waals surface area (Å²) < 4.78 is 5.18. The van der Waals surface area contributed by atoms with Gasteiger partial charge in [-0.3, -0.25) is 4.90 Å². The summed E-state index contributed by atoms with van der Waals surface area (Å²) in [6.45, 7) is 2.77. The van der Waals surface area contributed by atoms with E-state index in [1.165, 1.54) is 0 Å². The topological polar surface area (TPSA) is 64.3 Å². The van der Waals surface area contributed by atoms with Crippen LogP contribution >= 0.6 is 0 Å². The predicted molar refractivity (Wildman–Crippen MR) is 52.5 cm³/mol. The number of nitrogens with two attached hydrogens (primary N) is 1. The molecule has 1 aliphatic rings. The van der Waals surface area contributed by atoms with Crippen molar-refractivity contribution in [2.45, 2.75) is 12.6 Å². The average Bonchev–Trinajstić information content (AvgIpc) is 2.10. The van der Waals surface area contributed by atoms with Crippen LogP contribution in [0.5, 0.6) is 0 Å². The normalized spacial score (nSPS) is 18.1. The van der Waals surface area contributed by atoms with Crippen molar-refractivity contribution < 1.29 is 4.74 Å². The molecule has 0 aliphatic carbocycles. The number of hydrogen-bond donors (Lipinski definition) is 1. The van der Waals surface area contributed by atoms with E-state index in [1.807, 2.05) is 6.07 Å². The van der Waals surface area contributed by atoms with Gasteiger partial charge < -0.3 is 10.5 Å². The number of hydrogen-bond acceptors (Lipinski definition) is 5. The number of methoxy groups -OCH3 is 1. The molecule has 1 fully saturated rings. The van der Waals surface area contributed by atoms with Crippen LogP contribution in [0.1, 0.15) is 5.69 Å². The predicted octanol–water partition coefficient (Wildman–Crippen LogP) is -0.111. The maximum atomic E-state index is 5.48. The third kappa shape index (κ3) is 2.00. The van der Waals surface area contributed by atoms with E-state index in [1.54, 1.807) is 13.3 Å². The zero-order valence-corrected chi connectivity index (χ0v) is 8.18. The zero-order valence-electron chi connectivity index (χ0n) is 8.18. The summed E-state index contributed by atoms with van der Waals surface area (Å²) >= 11 is 0.